The van der Waals surface area contributed by atoms with Gasteiger partial charge in [0.15, 0.2) is 0 Å². The lowest BCUT2D eigenvalue weighted by Gasteiger charge is -2.18. The third kappa shape index (κ3) is 3.83. The van der Waals surface area contributed by atoms with Crippen LogP contribution in [0.25, 0.3) is 9.40 Å². The molecular weight excluding hydrogens is 308 g/mol. The summed E-state index contributed by atoms with van der Waals surface area (Å²) in [7, 11) is 0. The van der Waals surface area contributed by atoms with Crippen LogP contribution in [0.2, 0.25) is 0 Å². The second-order valence-electron chi connectivity index (χ2n) is 5.92. The van der Waals surface area contributed by atoms with Crippen molar-refractivity contribution in [2.24, 2.45) is 0 Å². The summed E-state index contributed by atoms with van der Waals surface area (Å²) in [6, 6.07) is 1.71. The van der Waals surface area contributed by atoms with E-state index in [1.807, 2.05) is 20.8 Å². The van der Waals surface area contributed by atoms with Gasteiger partial charge in [0.05, 0.1) is 15.7 Å². The standard InChI is InChI=1S/C15H18O4S2/c1-8(2)18-12(16)10-7-20-14-9(10)6-11(21-14)13(17)19-15(3,4)5/h6-8H,1-5H3. The molecule has 0 atom stereocenters. The van der Waals surface area contributed by atoms with E-state index < -0.39 is 5.60 Å². The lowest BCUT2D eigenvalue weighted by atomic mass is 10.2. The van der Waals surface area contributed by atoms with Crippen LogP contribution >= 0.6 is 22.7 Å². The van der Waals surface area contributed by atoms with Gasteiger partial charge in [0, 0.05) is 10.8 Å². The Balaban J connectivity index is 2.29. The SMILES string of the molecule is CC(C)OC(=O)c1csc2sc(C(=O)OC(C)(C)C)cc12. The first-order chi connectivity index (χ1) is 9.67. The summed E-state index contributed by atoms with van der Waals surface area (Å²) in [4.78, 5) is 24.6. The predicted molar refractivity (Wildman–Crippen MR) is 85.4 cm³/mol. The van der Waals surface area contributed by atoms with E-state index in [0.717, 1.165) is 9.40 Å². The van der Waals surface area contributed by atoms with Crippen molar-refractivity contribution in [3.8, 4) is 0 Å². The van der Waals surface area contributed by atoms with Crippen LogP contribution in [-0.4, -0.2) is 23.6 Å². The zero-order chi connectivity index (χ0) is 15.8. The molecule has 0 spiro atoms. The summed E-state index contributed by atoms with van der Waals surface area (Å²) in [5.74, 6) is -0.719. The summed E-state index contributed by atoms with van der Waals surface area (Å²) in [6.07, 6.45) is -0.170. The molecule has 6 heteroatoms. The summed E-state index contributed by atoms with van der Waals surface area (Å²) in [5.41, 5.74) is -0.0248. The Hall–Kier alpha value is -1.40. The zero-order valence-electron chi connectivity index (χ0n) is 12.7. The van der Waals surface area contributed by atoms with Crippen LogP contribution in [0.5, 0.6) is 0 Å². The van der Waals surface area contributed by atoms with Crippen LogP contribution in [0, 0.1) is 0 Å². The first kappa shape index (κ1) is 16.0. The van der Waals surface area contributed by atoms with Crippen molar-refractivity contribution in [1.29, 1.82) is 0 Å². The van der Waals surface area contributed by atoms with Crippen LogP contribution in [0.1, 0.15) is 54.6 Å². The highest BCUT2D eigenvalue weighted by Gasteiger charge is 2.23. The van der Waals surface area contributed by atoms with E-state index in [1.54, 1.807) is 25.3 Å². The van der Waals surface area contributed by atoms with Gasteiger partial charge >= 0.3 is 11.9 Å². The van der Waals surface area contributed by atoms with E-state index in [4.69, 9.17) is 9.47 Å². The Morgan fingerprint density at radius 3 is 2.43 bits per heavy atom. The van der Waals surface area contributed by atoms with Gasteiger partial charge in [0.1, 0.15) is 10.5 Å². The highest BCUT2D eigenvalue weighted by atomic mass is 32.2. The fourth-order valence-corrected chi connectivity index (χ4v) is 3.82. The molecule has 0 aromatic carbocycles. The molecule has 2 aromatic rings. The van der Waals surface area contributed by atoms with E-state index in [-0.39, 0.29) is 18.0 Å². The highest BCUT2D eigenvalue weighted by Crippen LogP contribution is 2.35. The van der Waals surface area contributed by atoms with Gasteiger partial charge in [0.2, 0.25) is 0 Å². The van der Waals surface area contributed by atoms with Crippen LogP contribution in [-0.2, 0) is 9.47 Å². The molecule has 2 aromatic heterocycles. The fraction of sp³-hybridized carbons (Fsp3) is 0.467. The average molecular weight is 326 g/mol. The van der Waals surface area contributed by atoms with E-state index in [2.05, 4.69) is 0 Å². The average Bonchev–Trinajstić information content (AvgIpc) is 2.83. The first-order valence-corrected chi connectivity index (χ1v) is 8.32. The van der Waals surface area contributed by atoms with Crippen LogP contribution in [0.15, 0.2) is 11.4 Å². The number of thiophene rings is 2. The molecule has 0 saturated heterocycles. The van der Waals surface area contributed by atoms with Crippen molar-refractivity contribution < 1.29 is 19.1 Å². The van der Waals surface area contributed by atoms with Gasteiger partial charge in [-0.15, -0.1) is 22.7 Å². The second-order valence-corrected chi connectivity index (χ2v) is 8.11. The molecule has 114 valence electrons. The van der Waals surface area contributed by atoms with E-state index in [9.17, 15) is 9.59 Å². The van der Waals surface area contributed by atoms with Crippen molar-refractivity contribution in [3.05, 3.63) is 21.9 Å². The van der Waals surface area contributed by atoms with Crippen LogP contribution in [0.3, 0.4) is 0 Å². The molecule has 0 radical (unpaired) electrons. The Morgan fingerprint density at radius 2 is 1.86 bits per heavy atom. The summed E-state index contributed by atoms with van der Waals surface area (Å²) >= 11 is 2.77. The molecular formula is C15H18O4S2. The first-order valence-electron chi connectivity index (χ1n) is 6.63. The maximum atomic E-state index is 12.1. The molecule has 2 heterocycles. The summed E-state index contributed by atoms with van der Waals surface area (Å²) in [6.45, 7) is 9.09. The molecule has 0 fully saturated rings. The second kappa shape index (κ2) is 5.77. The minimum Gasteiger partial charge on any atom is -0.459 e. The number of esters is 2. The lowest BCUT2D eigenvalue weighted by molar-refractivity contribution is 0.00747. The van der Waals surface area contributed by atoms with Gasteiger partial charge in [-0.25, -0.2) is 9.59 Å². The van der Waals surface area contributed by atoms with Crippen molar-refractivity contribution in [3.63, 3.8) is 0 Å². The molecule has 0 aliphatic heterocycles. The van der Waals surface area contributed by atoms with Crippen molar-refractivity contribution >= 4 is 44.0 Å². The Morgan fingerprint density at radius 1 is 1.19 bits per heavy atom. The summed E-state index contributed by atoms with van der Waals surface area (Å²) < 4.78 is 11.5. The molecule has 4 nitrogen and oxygen atoms in total. The molecule has 0 bridgehead atoms. The summed E-state index contributed by atoms with van der Waals surface area (Å²) in [5, 5.41) is 2.53. The van der Waals surface area contributed by atoms with E-state index in [1.165, 1.54) is 22.7 Å². The minimum absolute atomic E-state index is 0.170. The smallest absolute Gasteiger partial charge is 0.348 e. The third-order valence-corrected chi connectivity index (χ3v) is 4.67. The van der Waals surface area contributed by atoms with Gasteiger partial charge in [-0.1, -0.05) is 0 Å². The molecule has 0 aliphatic rings. The molecule has 0 aliphatic carbocycles. The van der Waals surface area contributed by atoms with Gasteiger partial charge in [0.25, 0.3) is 0 Å². The fourth-order valence-electron chi connectivity index (χ4n) is 1.69. The van der Waals surface area contributed by atoms with Crippen molar-refractivity contribution in [1.82, 2.24) is 0 Å². The van der Waals surface area contributed by atoms with E-state index in [0.29, 0.717) is 10.4 Å². The Kier molecular flexibility index (Phi) is 4.39. The zero-order valence-corrected chi connectivity index (χ0v) is 14.3. The number of hydrogen-bond donors (Lipinski definition) is 0. The number of rotatable bonds is 3. The third-order valence-electron chi connectivity index (χ3n) is 2.43. The number of carbonyl (C=O) groups is 2. The molecule has 0 N–H and O–H groups in total. The van der Waals surface area contributed by atoms with Crippen molar-refractivity contribution in [2.45, 2.75) is 46.3 Å². The van der Waals surface area contributed by atoms with Gasteiger partial charge in [-0.2, -0.15) is 0 Å². The van der Waals surface area contributed by atoms with Gasteiger partial charge < -0.3 is 9.47 Å². The maximum Gasteiger partial charge on any atom is 0.348 e. The van der Waals surface area contributed by atoms with Crippen LogP contribution in [0.4, 0.5) is 0 Å². The molecule has 0 amide bonds. The molecule has 2 rings (SSSR count). The number of hydrogen-bond acceptors (Lipinski definition) is 6. The predicted octanol–water partition coefficient (Wildman–Crippen LogP) is 4.48. The molecule has 21 heavy (non-hydrogen) atoms. The normalized spacial score (nSPS) is 11.9. The Bertz CT molecular complexity index is 673. The minimum atomic E-state index is -0.534. The number of fused-ring (bicyclic) bond motifs is 1. The highest BCUT2D eigenvalue weighted by molar-refractivity contribution is 7.38. The van der Waals surface area contributed by atoms with Gasteiger partial charge in [-0.05, 0) is 40.7 Å². The van der Waals surface area contributed by atoms with E-state index >= 15 is 0 Å². The Labute approximate surface area is 131 Å². The quantitative estimate of drug-likeness (QED) is 0.780. The number of ether oxygens (including phenoxy) is 2. The molecule has 0 saturated carbocycles. The topological polar surface area (TPSA) is 52.6 Å². The molecule has 0 unspecified atom stereocenters. The van der Waals surface area contributed by atoms with Gasteiger partial charge in [-0.3, -0.25) is 0 Å². The lowest BCUT2D eigenvalue weighted by Crippen LogP contribution is -2.23. The monoisotopic (exact) mass is 326 g/mol. The van der Waals surface area contributed by atoms with Crippen molar-refractivity contribution in [2.75, 3.05) is 0 Å². The number of carbonyl (C=O) groups excluding carboxylic acids is 2. The maximum absolute atomic E-state index is 12.1. The van der Waals surface area contributed by atoms with Crippen LogP contribution < -0.4 is 0 Å². The largest absolute Gasteiger partial charge is 0.459 e.